The van der Waals surface area contributed by atoms with Crippen molar-refractivity contribution in [2.24, 2.45) is 5.92 Å². The zero-order valence-corrected chi connectivity index (χ0v) is 16.8. The van der Waals surface area contributed by atoms with Crippen LogP contribution in [0.2, 0.25) is 0 Å². The molecule has 2 heterocycles. The number of nitrogens with zero attached hydrogens (tertiary/aromatic N) is 2. The van der Waals surface area contributed by atoms with Gasteiger partial charge in [-0.3, -0.25) is 4.90 Å². The fourth-order valence-electron chi connectivity index (χ4n) is 4.71. The highest BCUT2D eigenvalue weighted by atomic mass is 32.2. The van der Waals surface area contributed by atoms with Crippen molar-refractivity contribution in [2.75, 3.05) is 19.6 Å². The maximum absolute atomic E-state index is 14.2. The van der Waals surface area contributed by atoms with E-state index in [0.717, 1.165) is 45.3 Å². The summed E-state index contributed by atoms with van der Waals surface area (Å²) in [5.41, 5.74) is 1.28. The molecule has 2 saturated heterocycles. The van der Waals surface area contributed by atoms with Crippen LogP contribution in [0.15, 0.2) is 59.5 Å². The number of hydrogen-bond acceptors (Lipinski definition) is 3. The Morgan fingerprint density at radius 2 is 1.64 bits per heavy atom. The second kappa shape index (κ2) is 8.31. The average Bonchev–Trinajstić information content (AvgIpc) is 3.20. The van der Waals surface area contributed by atoms with Crippen LogP contribution in [-0.4, -0.2) is 43.3 Å². The van der Waals surface area contributed by atoms with Gasteiger partial charge in [0.1, 0.15) is 10.7 Å². The molecule has 2 aliphatic heterocycles. The monoisotopic (exact) mass is 402 g/mol. The van der Waals surface area contributed by atoms with Gasteiger partial charge in [0.2, 0.25) is 10.0 Å². The van der Waals surface area contributed by atoms with Gasteiger partial charge < -0.3 is 0 Å². The second-order valence-electron chi connectivity index (χ2n) is 7.88. The molecule has 4 rings (SSSR count). The summed E-state index contributed by atoms with van der Waals surface area (Å²) in [5.74, 6) is -0.371. The lowest BCUT2D eigenvalue weighted by Crippen LogP contribution is -2.46. The highest BCUT2D eigenvalue weighted by Crippen LogP contribution is 2.35. The predicted octanol–water partition coefficient (Wildman–Crippen LogP) is 3.89. The number of benzene rings is 2. The molecule has 0 spiro atoms. The molecule has 0 aromatic heterocycles. The minimum Gasteiger partial charge on any atom is -0.299 e. The molecule has 4 nitrogen and oxygen atoms in total. The Balaban J connectivity index is 1.51. The summed E-state index contributed by atoms with van der Waals surface area (Å²) in [5, 5.41) is 0. The molecule has 2 aromatic rings. The minimum atomic E-state index is -3.80. The topological polar surface area (TPSA) is 40.6 Å². The lowest BCUT2D eigenvalue weighted by Gasteiger charge is -2.38. The Kier molecular flexibility index (Phi) is 5.80. The third kappa shape index (κ3) is 4.00. The van der Waals surface area contributed by atoms with Crippen LogP contribution in [0, 0.1) is 11.7 Å². The average molecular weight is 403 g/mol. The molecular formula is C22H27FN2O2S. The maximum atomic E-state index is 14.2. The predicted molar refractivity (Wildman–Crippen MR) is 108 cm³/mol. The van der Waals surface area contributed by atoms with Crippen molar-refractivity contribution < 1.29 is 12.8 Å². The Morgan fingerprint density at radius 1 is 0.929 bits per heavy atom. The molecule has 150 valence electrons. The molecule has 0 saturated carbocycles. The summed E-state index contributed by atoms with van der Waals surface area (Å²) in [4.78, 5) is 2.23. The SMILES string of the molecule is O=S(=O)(c1ccccc1F)N1CCC[C@H]1[C@H]1CCCN(Cc2ccccc2)C1. The van der Waals surface area contributed by atoms with Gasteiger partial charge in [-0.15, -0.1) is 0 Å². The first kappa shape index (κ1) is 19.6. The molecule has 2 atom stereocenters. The summed E-state index contributed by atoms with van der Waals surface area (Å²) in [6.07, 6.45) is 3.80. The van der Waals surface area contributed by atoms with E-state index in [2.05, 4.69) is 29.2 Å². The zero-order chi connectivity index (χ0) is 19.6. The normalized spacial score (nSPS) is 24.5. The zero-order valence-electron chi connectivity index (χ0n) is 16.0. The van der Waals surface area contributed by atoms with E-state index in [1.807, 2.05) is 6.07 Å². The van der Waals surface area contributed by atoms with Crippen LogP contribution in [0.25, 0.3) is 0 Å². The summed E-state index contributed by atoms with van der Waals surface area (Å²) in [6.45, 7) is 3.31. The van der Waals surface area contributed by atoms with E-state index in [1.54, 1.807) is 10.4 Å². The summed E-state index contributed by atoms with van der Waals surface area (Å²) in [7, 11) is -3.80. The van der Waals surface area contributed by atoms with E-state index in [1.165, 1.54) is 23.8 Å². The smallest absolute Gasteiger partial charge is 0.246 e. The first-order valence-corrected chi connectivity index (χ1v) is 11.5. The van der Waals surface area contributed by atoms with Crippen LogP contribution in [0.4, 0.5) is 4.39 Å². The highest BCUT2D eigenvalue weighted by molar-refractivity contribution is 7.89. The molecule has 2 fully saturated rings. The van der Waals surface area contributed by atoms with Crippen molar-refractivity contribution >= 4 is 10.0 Å². The number of sulfonamides is 1. The molecule has 0 unspecified atom stereocenters. The largest absolute Gasteiger partial charge is 0.299 e. The number of halogens is 1. The standard InChI is InChI=1S/C22H27FN2O2S/c23-20-11-4-5-13-22(20)28(26,27)25-15-7-12-21(25)19-10-6-14-24(17-19)16-18-8-2-1-3-9-18/h1-5,8-9,11,13,19,21H,6-7,10,12,14-17H2/t19-,21-/m0/s1. The lowest BCUT2D eigenvalue weighted by molar-refractivity contribution is 0.125. The van der Waals surface area contributed by atoms with Crippen LogP contribution in [0.3, 0.4) is 0 Å². The minimum absolute atomic E-state index is 0.0387. The van der Waals surface area contributed by atoms with Gasteiger partial charge in [-0.25, -0.2) is 12.8 Å². The van der Waals surface area contributed by atoms with E-state index < -0.39 is 15.8 Å². The van der Waals surface area contributed by atoms with Gasteiger partial charge in [-0.05, 0) is 55.8 Å². The van der Waals surface area contributed by atoms with E-state index >= 15 is 0 Å². The van der Waals surface area contributed by atoms with Gasteiger partial charge in [-0.2, -0.15) is 4.31 Å². The molecule has 0 aliphatic carbocycles. The first-order valence-electron chi connectivity index (χ1n) is 10.1. The molecule has 0 N–H and O–H groups in total. The summed E-state index contributed by atoms with van der Waals surface area (Å²) >= 11 is 0. The van der Waals surface area contributed by atoms with Crippen LogP contribution >= 0.6 is 0 Å². The van der Waals surface area contributed by atoms with Crippen molar-refractivity contribution in [1.82, 2.24) is 9.21 Å². The molecule has 2 aliphatic rings. The Labute approximate surface area is 167 Å². The number of rotatable bonds is 5. The van der Waals surface area contributed by atoms with Crippen molar-refractivity contribution in [3.8, 4) is 0 Å². The van der Waals surface area contributed by atoms with E-state index in [9.17, 15) is 12.8 Å². The van der Waals surface area contributed by atoms with E-state index in [4.69, 9.17) is 0 Å². The summed E-state index contributed by atoms with van der Waals surface area (Å²) < 4.78 is 42.1. The fraction of sp³-hybridized carbons (Fsp3) is 0.455. The molecule has 0 bridgehead atoms. The molecule has 6 heteroatoms. The number of hydrogen-bond donors (Lipinski definition) is 0. The van der Waals surface area contributed by atoms with Gasteiger partial charge in [0, 0.05) is 25.7 Å². The highest BCUT2D eigenvalue weighted by Gasteiger charge is 2.41. The van der Waals surface area contributed by atoms with Crippen molar-refractivity contribution in [3.63, 3.8) is 0 Å². The first-order chi connectivity index (χ1) is 13.6. The van der Waals surface area contributed by atoms with Gasteiger partial charge in [0.05, 0.1) is 0 Å². The third-order valence-electron chi connectivity index (χ3n) is 6.01. The Morgan fingerprint density at radius 3 is 2.43 bits per heavy atom. The molecule has 28 heavy (non-hydrogen) atoms. The third-order valence-corrected chi connectivity index (χ3v) is 7.96. The number of piperidine rings is 1. The molecule has 0 amide bonds. The summed E-state index contributed by atoms with van der Waals surface area (Å²) in [6, 6.07) is 16.1. The molecule has 0 radical (unpaired) electrons. The molecule has 2 aromatic carbocycles. The van der Waals surface area contributed by atoms with Gasteiger partial charge in [-0.1, -0.05) is 42.5 Å². The molecular weight excluding hydrogens is 375 g/mol. The van der Waals surface area contributed by atoms with Crippen molar-refractivity contribution in [2.45, 2.75) is 43.2 Å². The van der Waals surface area contributed by atoms with E-state index in [-0.39, 0.29) is 10.9 Å². The van der Waals surface area contributed by atoms with Gasteiger partial charge in [0.15, 0.2) is 0 Å². The second-order valence-corrected chi connectivity index (χ2v) is 9.74. The maximum Gasteiger partial charge on any atom is 0.246 e. The van der Waals surface area contributed by atoms with E-state index in [0.29, 0.717) is 12.5 Å². The van der Waals surface area contributed by atoms with Crippen LogP contribution in [-0.2, 0) is 16.6 Å². The van der Waals surface area contributed by atoms with Crippen molar-refractivity contribution in [3.05, 3.63) is 66.0 Å². The van der Waals surface area contributed by atoms with Gasteiger partial charge in [0.25, 0.3) is 0 Å². The van der Waals surface area contributed by atoms with Crippen LogP contribution in [0.1, 0.15) is 31.2 Å². The Hall–Kier alpha value is -1.76. The van der Waals surface area contributed by atoms with Gasteiger partial charge >= 0.3 is 0 Å². The van der Waals surface area contributed by atoms with Crippen molar-refractivity contribution in [1.29, 1.82) is 0 Å². The van der Waals surface area contributed by atoms with Crippen LogP contribution in [0.5, 0.6) is 0 Å². The Bertz CT molecular complexity index is 904. The van der Waals surface area contributed by atoms with Crippen LogP contribution < -0.4 is 0 Å². The number of likely N-dealkylation sites (tertiary alicyclic amines) is 1. The quantitative estimate of drug-likeness (QED) is 0.762. The lowest BCUT2D eigenvalue weighted by atomic mass is 9.89. The fourth-order valence-corrected chi connectivity index (χ4v) is 6.53.